The maximum atomic E-state index is 4.17. The lowest BCUT2D eigenvalue weighted by molar-refractivity contribution is 0.158. The van der Waals surface area contributed by atoms with Gasteiger partial charge in [0.15, 0.2) is 0 Å². The SMILES string of the molecule is c1ccc2c(-c3c(NC4=C5CC6CC(C5)CC4C6)ccc4ccccc34)c(NC3=C4CC5CC(C4)CC3C5)ccc2c1. The Hall–Kier alpha value is -3.52. The molecule has 210 valence electrons. The van der Waals surface area contributed by atoms with Crippen LogP contribution >= 0.6 is 0 Å². The van der Waals surface area contributed by atoms with Crippen LogP contribution in [0.2, 0.25) is 0 Å². The maximum absolute atomic E-state index is 4.17. The molecule has 8 aliphatic carbocycles. The molecule has 0 spiro atoms. The van der Waals surface area contributed by atoms with E-state index in [1.807, 2.05) is 0 Å². The predicted octanol–water partition coefficient (Wildman–Crippen LogP) is 10.7. The average molecular weight is 549 g/mol. The molecule has 0 saturated heterocycles. The minimum atomic E-state index is 0.718. The molecule has 2 heteroatoms. The molecule has 2 nitrogen and oxygen atoms in total. The zero-order valence-corrected chi connectivity index (χ0v) is 24.5. The van der Waals surface area contributed by atoms with Crippen LogP contribution in [0, 0.1) is 35.5 Å². The lowest BCUT2D eigenvalue weighted by Crippen LogP contribution is -2.37. The number of hydrogen-bond acceptors (Lipinski definition) is 2. The van der Waals surface area contributed by atoms with Crippen LogP contribution in [0.15, 0.2) is 95.3 Å². The van der Waals surface area contributed by atoms with E-state index in [-0.39, 0.29) is 0 Å². The summed E-state index contributed by atoms with van der Waals surface area (Å²) in [7, 11) is 0. The summed E-state index contributed by atoms with van der Waals surface area (Å²) in [6.07, 6.45) is 13.7. The highest BCUT2D eigenvalue weighted by Crippen LogP contribution is 2.56. The smallest absolute Gasteiger partial charge is 0.0469 e. The Balaban J connectivity index is 1.18. The fourth-order valence-electron chi connectivity index (χ4n) is 10.8. The molecule has 4 aromatic rings. The first kappa shape index (κ1) is 24.0. The van der Waals surface area contributed by atoms with E-state index in [9.17, 15) is 0 Å². The van der Waals surface area contributed by atoms with Gasteiger partial charge in [-0.3, -0.25) is 0 Å². The summed E-state index contributed by atoms with van der Waals surface area (Å²) >= 11 is 0. The van der Waals surface area contributed by atoms with Gasteiger partial charge < -0.3 is 10.6 Å². The zero-order chi connectivity index (χ0) is 27.4. The second-order valence-corrected chi connectivity index (χ2v) is 14.8. The lowest BCUT2D eigenvalue weighted by Gasteiger charge is -2.48. The van der Waals surface area contributed by atoms with Gasteiger partial charge in [0, 0.05) is 33.9 Å². The molecule has 4 aromatic carbocycles. The van der Waals surface area contributed by atoms with Crippen LogP contribution in [-0.2, 0) is 0 Å². The van der Waals surface area contributed by atoms with Gasteiger partial charge in [-0.05, 0) is 133 Å². The maximum Gasteiger partial charge on any atom is 0.0469 e. The Kier molecular flexibility index (Phi) is 5.13. The fraction of sp³-hybridized carbons (Fsp3) is 0.400. The van der Waals surface area contributed by atoms with E-state index in [1.165, 1.54) is 108 Å². The van der Waals surface area contributed by atoms with E-state index >= 15 is 0 Å². The Morgan fingerprint density at radius 3 is 1.24 bits per heavy atom. The van der Waals surface area contributed by atoms with E-state index in [1.54, 1.807) is 22.5 Å². The molecule has 0 amide bonds. The molecule has 4 saturated carbocycles. The largest absolute Gasteiger partial charge is 0.358 e. The van der Waals surface area contributed by atoms with Gasteiger partial charge in [0.25, 0.3) is 0 Å². The average Bonchev–Trinajstić information content (AvgIpc) is 3.00. The molecule has 0 aliphatic heterocycles. The number of nitrogens with one attached hydrogen (secondary N) is 2. The predicted molar refractivity (Wildman–Crippen MR) is 175 cm³/mol. The van der Waals surface area contributed by atoms with Crippen molar-refractivity contribution in [1.29, 1.82) is 0 Å². The van der Waals surface area contributed by atoms with Gasteiger partial charge in [-0.25, -0.2) is 0 Å². The number of anilines is 2. The van der Waals surface area contributed by atoms with Gasteiger partial charge in [-0.2, -0.15) is 0 Å². The third-order valence-corrected chi connectivity index (χ3v) is 12.2. The van der Waals surface area contributed by atoms with Gasteiger partial charge in [-0.15, -0.1) is 0 Å². The van der Waals surface area contributed by atoms with Gasteiger partial charge in [0.05, 0.1) is 0 Å². The molecule has 0 radical (unpaired) electrons. The number of allylic oxidation sites excluding steroid dienone is 4. The summed E-state index contributed by atoms with van der Waals surface area (Å²) in [6, 6.07) is 27.5. The molecule has 4 fully saturated rings. The summed E-state index contributed by atoms with van der Waals surface area (Å²) in [5.74, 6) is 5.17. The van der Waals surface area contributed by atoms with Crippen molar-refractivity contribution in [3.63, 3.8) is 0 Å². The van der Waals surface area contributed by atoms with Gasteiger partial charge in [0.1, 0.15) is 0 Å². The third-order valence-electron chi connectivity index (χ3n) is 12.2. The van der Waals surface area contributed by atoms with Gasteiger partial charge in [-0.1, -0.05) is 71.8 Å². The summed E-state index contributed by atoms with van der Waals surface area (Å²) < 4.78 is 0. The molecule has 4 atom stereocenters. The van der Waals surface area contributed by atoms with E-state index in [4.69, 9.17) is 0 Å². The number of hydrogen-bond donors (Lipinski definition) is 2. The molecule has 12 rings (SSSR count). The van der Waals surface area contributed by atoms with E-state index < -0.39 is 0 Å². The summed E-state index contributed by atoms with van der Waals surface area (Å²) in [6.45, 7) is 0. The highest BCUT2D eigenvalue weighted by atomic mass is 14.9. The molecule has 4 unspecified atom stereocenters. The molecule has 42 heavy (non-hydrogen) atoms. The Labute approximate surface area is 249 Å². The number of rotatable bonds is 5. The molecule has 8 aliphatic rings. The van der Waals surface area contributed by atoms with Gasteiger partial charge in [0.2, 0.25) is 0 Å². The monoisotopic (exact) mass is 548 g/mol. The minimum absolute atomic E-state index is 0.718. The van der Waals surface area contributed by atoms with E-state index in [2.05, 4.69) is 83.4 Å². The summed E-state index contributed by atoms with van der Waals surface area (Å²) in [4.78, 5) is 0. The van der Waals surface area contributed by atoms with Crippen LogP contribution in [0.25, 0.3) is 32.7 Å². The Morgan fingerprint density at radius 2 is 0.833 bits per heavy atom. The second kappa shape index (κ2) is 8.99. The van der Waals surface area contributed by atoms with Crippen LogP contribution in [-0.4, -0.2) is 0 Å². The van der Waals surface area contributed by atoms with Crippen molar-refractivity contribution in [2.45, 2.75) is 64.2 Å². The molecular weight excluding hydrogens is 508 g/mol. The first-order chi connectivity index (χ1) is 20.7. The molecule has 0 aromatic heterocycles. The molecule has 2 N–H and O–H groups in total. The van der Waals surface area contributed by atoms with E-state index in [0.717, 1.165) is 35.5 Å². The van der Waals surface area contributed by atoms with Crippen molar-refractivity contribution in [2.24, 2.45) is 35.5 Å². The topological polar surface area (TPSA) is 24.1 Å². The number of fused-ring (bicyclic) bond motifs is 2. The highest BCUT2D eigenvalue weighted by molar-refractivity contribution is 6.14. The Bertz CT molecular complexity index is 1670. The lowest BCUT2D eigenvalue weighted by atomic mass is 9.60. The molecule has 8 bridgehead atoms. The van der Waals surface area contributed by atoms with Crippen molar-refractivity contribution in [3.05, 3.63) is 95.3 Å². The molecular formula is C40H40N2. The Morgan fingerprint density at radius 1 is 0.429 bits per heavy atom. The van der Waals surface area contributed by atoms with Gasteiger partial charge >= 0.3 is 0 Å². The fourth-order valence-corrected chi connectivity index (χ4v) is 10.8. The third kappa shape index (κ3) is 3.63. The quantitative estimate of drug-likeness (QED) is 0.259. The summed E-state index contributed by atoms with van der Waals surface area (Å²) in [5, 5.41) is 13.7. The normalized spacial score (nSPS) is 30.7. The zero-order valence-electron chi connectivity index (χ0n) is 24.5. The van der Waals surface area contributed by atoms with Crippen molar-refractivity contribution in [2.75, 3.05) is 10.6 Å². The van der Waals surface area contributed by atoms with Crippen LogP contribution in [0.4, 0.5) is 11.4 Å². The number of benzene rings is 4. The minimum Gasteiger partial charge on any atom is -0.358 e. The first-order valence-electron chi connectivity index (χ1n) is 16.7. The van der Waals surface area contributed by atoms with E-state index in [0.29, 0.717) is 0 Å². The van der Waals surface area contributed by atoms with Crippen LogP contribution in [0.1, 0.15) is 64.2 Å². The van der Waals surface area contributed by atoms with Crippen molar-refractivity contribution >= 4 is 32.9 Å². The second-order valence-electron chi connectivity index (χ2n) is 14.8. The van der Waals surface area contributed by atoms with Crippen LogP contribution in [0.5, 0.6) is 0 Å². The highest BCUT2D eigenvalue weighted by Gasteiger charge is 2.43. The van der Waals surface area contributed by atoms with Crippen molar-refractivity contribution in [3.8, 4) is 11.1 Å². The van der Waals surface area contributed by atoms with Crippen LogP contribution < -0.4 is 10.6 Å². The molecule has 0 heterocycles. The van der Waals surface area contributed by atoms with Crippen molar-refractivity contribution < 1.29 is 0 Å². The first-order valence-corrected chi connectivity index (χ1v) is 16.7. The van der Waals surface area contributed by atoms with Crippen LogP contribution in [0.3, 0.4) is 0 Å². The van der Waals surface area contributed by atoms with Crippen molar-refractivity contribution in [1.82, 2.24) is 0 Å². The standard InChI is InChI=1S/C40H40N2/c1-3-7-33-27(5-1)9-11-35(41-39-29-15-23-13-24(17-29)18-30(39)16-23)37(33)38-34-8-4-2-6-28(34)10-12-36(38)42-40-31-19-25-14-26(21-31)22-32(40)20-25/h1-12,23-26,29,31,41-42H,13-22H2. The summed E-state index contributed by atoms with van der Waals surface area (Å²) in [5.41, 5.74) is 11.9.